The molecule has 1 N–H and O–H groups in total. The highest BCUT2D eigenvalue weighted by Gasteiger charge is 2.20. The predicted octanol–water partition coefficient (Wildman–Crippen LogP) is 3.75. The lowest BCUT2D eigenvalue weighted by Gasteiger charge is -2.14. The van der Waals surface area contributed by atoms with Gasteiger partial charge in [-0.2, -0.15) is 0 Å². The van der Waals surface area contributed by atoms with Crippen molar-refractivity contribution < 1.29 is 13.2 Å². The summed E-state index contributed by atoms with van der Waals surface area (Å²) < 4.78 is 26.9. The quantitative estimate of drug-likeness (QED) is 0.680. The Kier molecular flexibility index (Phi) is 5.59. The van der Waals surface area contributed by atoms with E-state index in [2.05, 4.69) is 17.2 Å². The third kappa shape index (κ3) is 4.02. The zero-order valence-electron chi connectivity index (χ0n) is 15.4. The molecule has 1 amide bonds. The van der Waals surface area contributed by atoms with Crippen LogP contribution in [-0.4, -0.2) is 37.2 Å². The number of amides is 1. The Morgan fingerprint density at radius 2 is 1.85 bits per heavy atom. The minimum Gasteiger partial charge on any atom is -0.298 e. The van der Waals surface area contributed by atoms with E-state index in [0.29, 0.717) is 27.5 Å². The second kappa shape index (κ2) is 7.75. The molecule has 0 aliphatic heterocycles. The van der Waals surface area contributed by atoms with Crippen LogP contribution >= 0.6 is 11.3 Å². The van der Waals surface area contributed by atoms with E-state index in [1.807, 2.05) is 12.1 Å². The number of rotatable bonds is 6. The fraction of sp³-hybridized carbons (Fsp3) is 0.263. The molecule has 1 aromatic heterocycles. The maximum Gasteiger partial charge on any atom is 0.257 e. The second-order valence-electron chi connectivity index (χ2n) is 6.07. The van der Waals surface area contributed by atoms with Crippen molar-refractivity contribution in [1.29, 1.82) is 0 Å². The van der Waals surface area contributed by atoms with Crippen molar-refractivity contribution in [3.05, 3.63) is 53.6 Å². The number of sulfonamides is 1. The smallest absolute Gasteiger partial charge is 0.257 e. The minimum atomic E-state index is -3.52. The predicted molar refractivity (Wildman–Crippen MR) is 109 cm³/mol. The van der Waals surface area contributed by atoms with Gasteiger partial charge in [0, 0.05) is 19.2 Å². The normalized spacial score (nSPS) is 11.9. The molecule has 2 aromatic carbocycles. The first kappa shape index (κ1) is 19.5. The van der Waals surface area contributed by atoms with Gasteiger partial charge in [0.2, 0.25) is 10.0 Å². The largest absolute Gasteiger partial charge is 0.298 e. The van der Waals surface area contributed by atoms with E-state index in [1.165, 1.54) is 15.6 Å². The van der Waals surface area contributed by atoms with Crippen LogP contribution < -0.4 is 5.32 Å². The average Bonchev–Trinajstić information content (AvgIpc) is 3.08. The monoisotopic (exact) mass is 403 g/mol. The summed E-state index contributed by atoms with van der Waals surface area (Å²) in [6.07, 6.45) is 0.915. The molecular formula is C19H21N3O3S2. The van der Waals surface area contributed by atoms with Crippen LogP contribution in [0.25, 0.3) is 10.2 Å². The molecule has 0 atom stereocenters. The van der Waals surface area contributed by atoms with Crippen molar-refractivity contribution in [2.24, 2.45) is 0 Å². The lowest BCUT2D eigenvalue weighted by molar-refractivity contribution is 0.102. The Morgan fingerprint density at radius 3 is 2.48 bits per heavy atom. The van der Waals surface area contributed by atoms with Crippen LogP contribution in [0.4, 0.5) is 5.13 Å². The van der Waals surface area contributed by atoms with Crippen molar-refractivity contribution in [3.63, 3.8) is 0 Å². The molecule has 0 aliphatic carbocycles. The molecule has 142 valence electrons. The number of thiazole rings is 1. The number of nitrogens with zero attached hydrogens (tertiary/aromatic N) is 2. The standard InChI is InChI=1S/C19H21N3O3S2/c1-4-13-6-8-14(9-7-13)18(23)21-19-20-16-11-10-15(12-17(16)26-19)27(24,25)22(3)5-2/h6-12H,4-5H2,1-3H3,(H,20,21,23). The Bertz CT molecular complexity index is 1070. The summed E-state index contributed by atoms with van der Waals surface area (Å²) in [6.45, 7) is 4.23. The summed E-state index contributed by atoms with van der Waals surface area (Å²) in [5, 5.41) is 3.22. The maximum atomic E-state index is 12.5. The molecule has 3 aromatic rings. The van der Waals surface area contributed by atoms with Crippen LogP contribution in [0.5, 0.6) is 0 Å². The van der Waals surface area contributed by atoms with Gasteiger partial charge >= 0.3 is 0 Å². The number of hydrogen-bond donors (Lipinski definition) is 1. The zero-order chi connectivity index (χ0) is 19.6. The number of nitrogens with one attached hydrogen (secondary N) is 1. The van der Waals surface area contributed by atoms with Gasteiger partial charge in [0.25, 0.3) is 5.91 Å². The van der Waals surface area contributed by atoms with Gasteiger partial charge < -0.3 is 0 Å². The molecule has 0 saturated carbocycles. The van der Waals surface area contributed by atoms with E-state index >= 15 is 0 Å². The van der Waals surface area contributed by atoms with Crippen LogP contribution in [0.3, 0.4) is 0 Å². The Balaban J connectivity index is 1.85. The molecule has 1 heterocycles. The van der Waals surface area contributed by atoms with Gasteiger partial charge in [-0.1, -0.05) is 37.3 Å². The second-order valence-corrected chi connectivity index (χ2v) is 9.15. The van der Waals surface area contributed by atoms with Crippen LogP contribution in [0.1, 0.15) is 29.8 Å². The van der Waals surface area contributed by atoms with Crippen molar-refractivity contribution >= 4 is 42.6 Å². The molecule has 0 aliphatic rings. The van der Waals surface area contributed by atoms with Crippen molar-refractivity contribution in [2.75, 3.05) is 18.9 Å². The number of hydrogen-bond acceptors (Lipinski definition) is 5. The summed E-state index contributed by atoms with van der Waals surface area (Å²) in [4.78, 5) is 17.0. The molecule has 8 heteroatoms. The molecule has 27 heavy (non-hydrogen) atoms. The van der Waals surface area contributed by atoms with E-state index in [9.17, 15) is 13.2 Å². The number of fused-ring (bicyclic) bond motifs is 1. The summed E-state index contributed by atoms with van der Waals surface area (Å²) in [7, 11) is -1.98. The fourth-order valence-electron chi connectivity index (χ4n) is 2.53. The average molecular weight is 404 g/mol. The molecule has 0 unspecified atom stereocenters. The van der Waals surface area contributed by atoms with Gasteiger partial charge in [-0.15, -0.1) is 0 Å². The first-order valence-corrected chi connectivity index (χ1v) is 10.9. The molecule has 0 bridgehead atoms. The SMILES string of the molecule is CCc1ccc(C(=O)Nc2nc3ccc(S(=O)(=O)N(C)CC)cc3s2)cc1. The molecule has 0 spiro atoms. The van der Waals surface area contributed by atoms with Crippen LogP contribution in [0.2, 0.25) is 0 Å². The minimum absolute atomic E-state index is 0.219. The summed E-state index contributed by atoms with van der Waals surface area (Å²) in [5.41, 5.74) is 2.37. The highest BCUT2D eigenvalue weighted by atomic mass is 32.2. The van der Waals surface area contributed by atoms with E-state index in [0.717, 1.165) is 12.0 Å². The third-order valence-corrected chi connectivity index (χ3v) is 7.22. The number of carbonyl (C=O) groups excluding carboxylic acids is 1. The molecule has 3 rings (SSSR count). The van der Waals surface area contributed by atoms with Gasteiger partial charge in [-0.3, -0.25) is 10.1 Å². The Morgan fingerprint density at radius 1 is 1.15 bits per heavy atom. The zero-order valence-corrected chi connectivity index (χ0v) is 17.0. The Hall–Kier alpha value is -2.29. The number of aryl methyl sites for hydroxylation is 1. The van der Waals surface area contributed by atoms with Crippen LogP contribution in [-0.2, 0) is 16.4 Å². The first-order chi connectivity index (χ1) is 12.8. The molecule has 0 fully saturated rings. The van der Waals surface area contributed by atoms with Crippen molar-refractivity contribution in [2.45, 2.75) is 25.2 Å². The van der Waals surface area contributed by atoms with Crippen LogP contribution in [0, 0.1) is 0 Å². The number of anilines is 1. The molecule has 0 saturated heterocycles. The number of carbonyl (C=O) groups is 1. The van der Waals surface area contributed by atoms with Gasteiger partial charge in [-0.05, 0) is 42.3 Å². The summed E-state index contributed by atoms with van der Waals surface area (Å²) >= 11 is 1.25. The Labute approximate surface area is 162 Å². The van der Waals surface area contributed by atoms with Gasteiger partial charge in [0.15, 0.2) is 5.13 Å². The van der Waals surface area contributed by atoms with Gasteiger partial charge in [-0.25, -0.2) is 17.7 Å². The molecular weight excluding hydrogens is 382 g/mol. The highest BCUT2D eigenvalue weighted by Crippen LogP contribution is 2.29. The lowest BCUT2D eigenvalue weighted by Crippen LogP contribution is -2.26. The number of aromatic nitrogens is 1. The van der Waals surface area contributed by atoms with E-state index in [4.69, 9.17) is 0 Å². The third-order valence-electron chi connectivity index (χ3n) is 4.36. The summed E-state index contributed by atoms with van der Waals surface area (Å²) in [6, 6.07) is 12.2. The molecule has 6 nitrogen and oxygen atoms in total. The topological polar surface area (TPSA) is 79.4 Å². The van der Waals surface area contributed by atoms with E-state index < -0.39 is 10.0 Å². The lowest BCUT2D eigenvalue weighted by atomic mass is 10.1. The molecule has 0 radical (unpaired) electrons. The van der Waals surface area contributed by atoms with Crippen molar-refractivity contribution in [3.8, 4) is 0 Å². The fourth-order valence-corrected chi connectivity index (χ4v) is 4.71. The van der Waals surface area contributed by atoms with E-state index in [1.54, 1.807) is 44.3 Å². The maximum absolute atomic E-state index is 12.5. The first-order valence-electron chi connectivity index (χ1n) is 8.62. The van der Waals surface area contributed by atoms with Gasteiger partial charge in [0.1, 0.15) is 0 Å². The van der Waals surface area contributed by atoms with E-state index in [-0.39, 0.29) is 10.8 Å². The van der Waals surface area contributed by atoms with Gasteiger partial charge in [0.05, 0.1) is 15.1 Å². The van der Waals surface area contributed by atoms with Crippen molar-refractivity contribution in [1.82, 2.24) is 9.29 Å². The number of benzene rings is 2. The highest BCUT2D eigenvalue weighted by molar-refractivity contribution is 7.89. The summed E-state index contributed by atoms with van der Waals surface area (Å²) in [5.74, 6) is -0.240. The van der Waals surface area contributed by atoms with Crippen LogP contribution in [0.15, 0.2) is 47.4 Å².